The first kappa shape index (κ1) is 11.4. The van der Waals surface area contributed by atoms with E-state index in [4.69, 9.17) is 5.11 Å². The van der Waals surface area contributed by atoms with E-state index in [-0.39, 0.29) is 5.78 Å². The fourth-order valence-corrected chi connectivity index (χ4v) is 1.39. The quantitative estimate of drug-likeness (QED) is 0.811. The Bertz CT molecular complexity index is 361. The van der Waals surface area contributed by atoms with E-state index >= 15 is 0 Å². The highest BCUT2D eigenvalue weighted by atomic mass is 16.4. The van der Waals surface area contributed by atoms with E-state index < -0.39 is 17.8 Å². The number of carboxylic acid groups (broad SMARTS) is 1. The molecule has 0 saturated heterocycles. The molecule has 80 valence electrons. The van der Waals surface area contributed by atoms with Crippen molar-refractivity contribution >= 4 is 11.8 Å². The first-order valence-corrected chi connectivity index (χ1v) is 4.68. The Labute approximate surface area is 88.0 Å². The molecule has 0 radical (unpaired) electrons. The van der Waals surface area contributed by atoms with Crippen molar-refractivity contribution < 1.29 is 14.7 Å². The topological polar surface area (TPSA) is 67.3 Å². The lowest BCUT2D eigenvalue weighted by Gasteiger charge is -2.16. The SMILES string of the molecule is CC(=O)C(C)C(C(=O)O)c1ccccn1. The average Bonchev–Trinajstić information content (AvgIpc) is 2.18. The van der Waals surface area contributed by atoms with E-state index in [1.807, 2.05) is 0 Å². The number of aromatic nitrogens is 1. The number of hydrogen-bond donors (Lipinski definition) is 1. The van der Waals surface area contributed by atoms with Gasteiger partial charge in [0.05, 0.1) is 5.69 Å². The largest absolute Gasteiger partial charge is 0.481 e. The van der Waals surface area contributed by atoms with Crippen molar-refractivity contribution in [3.05, 3.63) is 30.1 Å². The van der Waals surface area contributed by atoms with Gasteiger partial charge in [-0.05, 0) is 19.1 Å². The Hall–Kier alpha value is -1.71. The number of Topliss-reactive ketones (excluding diaryl/α,β-unsaturated/α-hetero) is 1. The van der Waals surface area contributed by atoms with Gasteiger partial charge in [-0.2, -0.15) is 0 Å². The highest BCUT2D eigenvalue weighted by Gasteiger charge is 2.30. The fourth-order valence-electron chi connectivity index (χ4n) is 1.39. The van der Waals surface area contributed by atoms with Crippen molar-refractivity contribution in [2.24, 2.45) is 5.92 Å². The van der Waals surface area contributed by atoms with Gasteiger partial charge in [0.25, 0.3) is 0 Å². The van der Waals surface area contributed by atoms with Gasteiger partial charge in [0, 0.05) is 12.1 Å². The highest BCUT2D eigenvalue weighted by Crippen LogP contribution is 2.23. The first-order valence-electron chi connectivity index (χ1n) is 4.68. The van der Waals surface area contributed by atoms with Crippen molar-refractivity contribution in [1.82, 2.24) is 4.98 Å². The van der Waals surface area contributed by atoms with Crippen molar-refractivity contribution in [3.8, 4) is 0 Å². The van der Waals surface area contributed by atoms with Crippen molar-refractivity contribution in [2.45, 2.75) is 19.8 Å². The van der Waals surface area contributed by atoms with E-state index in [0.717, 1.165) is 0 Å². The number of rotatable bonds is 4. The van der Waals surface area contributed by atoms with Crippen molar-refractivity contribution in [1.29, 1.82) is 0 Å². The molecule has 1 heterocycles. The summed E-state index contributed by atoms with van der Waals surface area (Å²) in [7, 11) is 0. The first-order chi connectivity index (χ1) is 7.04. The molecule has 0 amide bonds. The molecule has 2 atom stereocenters. The summed E-state index contributed by atoms with van der Waals surface area (Å²) >= 11 is 0. The second-order valence-corrected chi connectivity index (χ2v) is 3.47. The molecule has 0 aliphatic heterocycles. The highest BCUT2D eigenvalue weighted by molar-refractivity contribution is 5.87. The number of carbonyl (C=O) groups is 2. The van der Waals surface area contributed by atoms with Crippen LogP contribution < -0.4 is 0 Å². The van der Waals surface area contributed by atoms with Gasteiger partial charge in [-0.25, -0.2) is 0 Å². The molecule has 0 aromatic carbocycles. The molecule has 2 unspecified atom stereocenters. The lowest BCUT2D eigenvalue weighted by Crippen LogP contribution is -2.25. The molecule has 0 aliphatic carbocycles. The van der Waals surface area contributed by atoms with Crippen LogP contribution in [0.2, 0.25) is 0 Å². The molecule has 1 N–H and O–H groups in total. The lowest BCUT2D eigenvalue weighted by molar-refractivity contribution is -0.142. The predicted molar refractivity (Wildman–Crippen MR) is 54.5 cm³/mol. The molecule has 4 heteroatoms. The Kier molecular flexibility index (Phi) is 3.55. The van der Waals surface area contributed by atoms with E-state index in [1.54, 1.807) is 25.1 Å². The molecule has 4 nitrogen and oxygen atoms in total. The van der Waals surface area contributed by atoms with Crippen LogP contribution in [0.25, 0.3) is 0 Å². The maximum atomic E-state index is 11.2. The Morgan fingerprint density at radius 2 is 2.07 bits per heavy atom. The van der Waals surface area contributed by atoms with Crippen molar-refractivity contribution in [3.63, 3.8) is 0 Å². The Morgan fingerprint density at radius 3 is 2.47 bits per heavy atom. The summed E-state index contributed by atoms with van der Waals surface area (Å²) in [6.07, 6.45) is 1.53. The number of ketones is 1. The van der Waals surface area contributed by atoms with E-state index in [0.29, 0.717) is 5.69 Å². The molecule has 0 aliphatic rings. The molecule has 0 bridgehead atoms. The fraction of sp³-hybridized carbons (Fsp3) is 0.364. The maximum absolute atomic E-state index is 11.2. The van der Waals surface area contributed by atoms with Crippen LogP contribution in [0.1, 0.15) is 25.5 Å². The van der Waals surface area contributed by atoms with Gasteiger partial charge in [0.15, 0.2) is 0 Å². The van der Waals surface area contributed by atoms with Gasteiger partial charge in [-0.3, -0.25) is 14.6 Å². The monoisotopic (exact) mass is 207 g/mol. The molecular weight excluding hydrogens is 194 g/mol. The standard InChI is InChI=1S/C11H13NO3/c1-7(8(2)13)10(11(14)15)9-5-3-4-6-12-9/h3-7,10H,1-2H3,(H,14,15). The van der Waals surface area contributed by atoms with E-state index in [2.05, 4.69) is 4.98 Å². The van der Waals surface area contributed by atoms with E-state index in [9.17, 15) is 9.59 Å². The second kappa shape index (κ2) is 4.68. The minimum absolute atomic E-state index is 0.145. The van der Waals surface area contributed by atoms with Crippen LogP contribution in [0.4, 0.5) is 0 Å². The average molecular weight is 207 g/mol. The zero-order valence-corrected chi connectivity index (χ0v) is 8.68. The van der Waals surface area contributed by atoms with Crippen LogP contribution in [-0.2, 0) is 9.59 Å². The minimum Gasteiger partial charge on any atom is -0.481 e. The molecule has 1 aromatic heterocycles. The van der Waals surface area contributed by atoms with Gasteiger partial charge < -0.3 is 5.11 Å². The molecule has 1 rings (SSSR count). The van der Waals surface area contributed by atoms with Crippen LogP contribution in [0.5, 0.6) is 0 Å². The van der Waals surface area contributed by atoms with Gasteiger partial charge >= 0.3 is 5.97 Å². The molecule has 1 aromatic rings. The van der Waals surface area contributed by atoms with Crippen LogP contribution in [-0.4, -0.2) is 21.8 Å². The van der Waals surface area contributed by atoms with Crippen LogP contribution in [0, 0.1) is 5.92 Å². The third kappa shape index (κ3) is 2.62. The summed E-state index contributed by atoms with van der Waals surface area (Å²) < 4.78 is 0. The lowest BCUT2D eigenvalue weighted by atomic mass is 9.88. The smallest absolute Gasteiger partial charge is 0.313 e. The summed E-state index contributed by atoms with van der Waals surface area (Å²) in [5.74, 6) is -2.58. The third-order valence-electron chi connectivity index (χ3n) is 2.41. The second-order valence-electron chi connectivity index (χ2n) is 3.47. The maximum Gasteiger partial charge on any atom is 0.313 e. The van der Waals surface area contributed by atoms with Crippen LogP contribution in [0.15, 0.2) is 24.4 Å². The summed E-state index contributed by atoms with van der Waals surface area (Å²) in [5.41, 5.74) is 0.424. The number of hydrogen-bond acceptors (Lipinski definition) is 3. The van der Waals surface area contributed by atoms with Crippen molar-refractivity contribution in [2.75, 3.05) is 0 Å². The van der Waals surface area contributed by atoms with Gasteiger partial charge in [-0.15, -0.1) is 0 Å². The summed E-state index contributed by atoms with van der Waals surface area (Å²) in [6, 6.07) is 5.05. The van der Waals surface area contributed by atoms with Gasteiger partial charge in [-0.1, -0.05) is 13.0 Å². The summed E-state index contributed by atoms with van der Waals surface area (Å²) in [5, 5.41) is 9.05. The van der Waals surface area contributed by atoms with Crippen LogP contribution >= 0.6 is 0 Å². The van der Waals surface area contributed by atoms with Gasteiger partial charge in [0.2, 0.25) is 0 Å². The van der Waals surface area contributed by atoms with Crippen LogP contribution in [0.3, 0.4) is 0 Å². The Morgan fingerprint density at radius 1 is 1.40 bits per heavy atom. The molecule has 0 spiro atoms. The van der Waals surface area contributed by atoms with Gasteiger partial charge in [0.1, 0.15) is 11.7 Å². The summed E-state index contributed by atoms with van der Waals surface area (Å²) in [6.45, 7) is 3.00. The predicted octanol–water partition coefficient (Wildman–Crippen LogP) is 1.47. The minimum atomic E-state index is -1.02. The number of carbonyl (C=O) groups excluding carboxylic acids is 1. The number of pyridine rings is 1. The molecular formula is C11H13NO3. The molecule has 0 fully saturated rings. The number of nitrogens with zero attached hydrogens (tertiary/aromatic N) is 1. The van der Waals surface area contributed by atoms with E-state index in [1.165, 1.54) is 13.1 Å². The number of aliphatic carboxylic acids is 1. The normalized spacial score (nSPS) is 14.3. The Balaban J connectivity index is 3.04. The molecule has 15 heavy (non-hydrogen) atoms. The zero-order chi connectivity index (χ0) is 11.4. The molecule has 0 saturated carbocycles. The summed E-state index contributed by atoms with van der Waals surface area (Å²) in [4.78, 5) is 26.2. The third-order valence-corrected chi connectivity index (χ3v) is 2.41. The number of carboxylic acids is 1. The zero-order valence-electron chi connectivity index (χ0n) is 8.68.